The third-order valence-corrected chi connectivity index (χ3v) is 11.0. The van der Waals surface area contributed by atoms with Crippen LogP contribution in [0.5, 0.6) is 0 Å². The second-order valence-electron chi connectivity index (χ2n) is 14.1. The fourth-order valence-corrected chi connectivity index (χ4v) is 10.1. The first-order valence-corrected chi connectivity index (χ1v) is 17.2. The average Bonchev–Trinajstić information content (AvgIpc) is 3.17. The molecule has 7 atom stereocenters. The molecule has 4 rings (SSSR count). The van der Waals surface area contributed by atoms with E-state index in [1.54, 1.807) is 0 Å². The van der Waals surface area contributed by atoms with Crippen LogP contribution in [0.3, 0.4) is 0 Å². The molecule has 0 bridgehead atoms. The molecule has 0 unspecified atom stereocenters. The van der Waals surface area contributed by atoms with Gasteiger partial charge in [0.2, 0.25) is 0 Å². The van der Waals surface area contributed by atoms with E-state index in [1.165, 1.54) is 25.7 Å². The van der Waals surface area contributed by atoms with Gasteiger partial charge in [-0.2, -0.15) is 0 Å². The molecule has 0 amide bonds. The van der Waals surface area contributed by atoms with Crippen molar-refractivity contribution in [2.24, 2.45) is 34.5 Å². The normalized spacial score (nSPS) is 40.4. The Morgan fingerprint density at radius 1 is 1.24 bits per heavy atom. The van der Waals surface area contributed by atoms with Crippen molar-refractivity contribution in [1.82, 2.24) is 0 Å². The molecule has 1 N–H and O–H groups in total. The van der Waals surface area contributed by atoms with Gasteiger partial charge >= 0.3 is 0 Å². The Balaban J connectivity index is 1.41. The van der Waals surface area contributed by atoms with Crippen LogP contribution in [0, 0.1) is 46.3 Å². The minimum Gasteiger partial charge on any atom is -0.413 e. The fourth-order valence-electron chi connectivity index (χ4n) is 8.33. The van der Waals surface area contributed by atoms with Gasteiger partial charge in [-0.05, 0) is 102 Å². The lowest BCUT2D eigenvalue weighted by atomic mass is 9.57. The topological polar surface area (TPSA) is 46.5 Å². The number of hydrogen-bond acceptors (Lipinski definition) is 3. The van der Waals surface area contributed by atoms with Crippen molar-refractivity contribution in [1.29, 1.82) is 0 Å². The molecule has 0 aromatic carbocycles. The number of carbonyl (C=O) groups excluding carboxylic acids is 1. The first kappa shape index (κ1) is 26.2. The number of ketones is 1. The molecule has 34 heavy (non-hydrogen) atoms. The minimum atomic E-state index is -1.54. The van der Waals surface area contributed by atoms with Gasteiger partial charge in [-0.1, -0.05) is 45.1 Å². The van der Waals surface area contributed by atoms with Gasteiger partial charge in [-0.15, -0.1) is 0 Å². The lowest BCUT2D eigenvalue weighted by molar-refractivity contribution is -0.115. The second kappa shape index (κ2) is 8.60. The van der Waals surface area contributed by atoms with E-state index in [1.807, 2.05) is 0 Å². The van der Waals surface area contributed by atoms with Gasteiger partial charge in [0.1, 0.15) is 5.60 Å². The minimum absolute atomic E-state index is 0.0430. The zero-order valence-corrected chi connectivity index (χ0v) is 23.9. The van der Waals surface area contributed by atoms with Gasteiger partial charge in [0.15, 0.2) is 14.1 Å². The van der Waals surface area contributed by atoms with Crippen molar-refractivity contribution in [3.63, 3.8) is 0 Å². The highest BCUT2D eigenvalue weighted by Gasteiger charge is 2.63. The summed E-state index contributed by atoms with van der Waals surface area (Å²) >= 11 is 0. The molecular formula is C30H48O3Si. The standard InChI is InChI=1S/C30H48O3Si/c1-21(11-9-14-27(3,4)33-34(6,7)8)24-12-13-26-28(24,5)15-10-16-30(26,32)18-17-29-20-23(29)19-25(31)22(29)2/h21,23-24,26,32H,2,9-16,19-20H2,1,3-8H3/t21-,23-,24-,26-,28-,29-,30-/m1/s1. The molecule has 0 aromatic rings. The number of fused-ring (bicyclic) bond motifs is 2. The van der Waals surface area contributed by atoms with Crippen LogP contribution in [0.25, 0.3) is 0 Å². The van der Waals surface area contributed by atoms with E-state index in [-0.39, 0.29) is 28.1 Å². The van der Waals surface area contributed by atoms with Crippen LogP contribution in [0.4, 0.5) is 0 Å². The van der Waals surface area contributed by atoms with Gasteiger partial charge in [-0.3, -0.25) is 4.79 Å². The maximum Gasteiger partial charge on any atom is 0.184 e. The molecule has 4 heteroatoms. The Kier molecular flexibility index (Phi) is 6.62. The van der Waals surface area contributed by atoms with Crippen LogP contribution in [-0.2, 0) is 9.22 Å². The summed E-state index contributed by atoms with van der Waals surface area (Å²) in [6, 6.07) is 0. The number of aliphatic hydroxyl groups is 1. The summed E-state index contributed by atoms with van der Waals surface area (Å²) in [5.41, 5.74) is -0.418. The molecule has 0 heterocycles. The maximum absolute atomic E-state index is 12.1. The zero-order valence-electron chi connectivity index (χ0n) is 22.9. The third kappa shape index (κ3) is 4.74. The molecule has 4 fully saturated rings. The van der Waals surface area contributed by atoms with Gasteiger partial charge in [0.25, 0.3) is 0 Å². The fraction of sp³-hybridized carbons (Fsp3) is 0.833. The van der Waals surface area contributed by atoms with E-state index in [4.69, 9.17) is 4.43 Å². The Hall–Kier alpha value is -0.893. The highest BCUT2D eigenvalue weighted by atomic mass is 28.4. The highest BCUT2D eigenvalue weighted by molar-refractivity contribution is 6.69. The number of hydrogen-bond donors (Lipinski definition) is 1. The number of carbonyl (C=O) groups is 1. The molecule has 4 aliphatic carbocycles. The van der Waals surface area contributed by atoms with E-state index < -0.39 is 13.9 Å². The Morgan fingerprint density at radius 2 is 1.94 bits per heavy atom. The summed E-state index contributed by atoms with van der Waals surface area (Å²) in [6.07, 6.45) is 10.3. The molecular weight excluding hydrogens is 436 g/mol. The average molecular weight is 485 g/mol. The van der Waals surface area contributed by atoms with Crippen LogP contribution in [0.1, 0.15) is 91.9 Å². The van der Waals surface area contributed by atoms with Crippen LogP contribution in [0.15, 0.2) is 12.2 Å². The summed E-state index contributed by atoms with van der Waals surface area (Å²) in [7, 11) is -1.54. The van der Waals surface area contributed by atoms with Gasteiger partial charge in [-0.25, -0.2) is 0 Å². The smallest absolute Gasteiger partial charge is 0.184 e. The van der Waals surface area contributed by atoms with Crippen LogP contribution < -0.4 is 0 Å². The van der Waals surface area contributed by atoms with Crippen molar-refractivity contribution >= 4 is 14.1 Å². The van der Waals surface area contributed by atoms with Crippen molar-refractivity contribution < 1.29 is 14.3 Å². The Morgan fingerprint density at radius 3 is 2.56 bits per heavy atom. The summed E-state index contributed by atoms with van der Waals surface area (Å²) in [5.74, 6) is 8.88. The van der Waals surface area contributed by atoms with Crippen LogP contribution in [-0.4, -0.2) is 30.4 Å². The molecule has 0 spiro atoms. The van der Waals surface area contributed by atoms with Crippen LogP contribution >= 0.6 is 0 Å². The lowest BCUT2D eigenvalue weighted by Gasteiger charge is -2.49. The Labute approximate surface area is 209 Å². The van der Waals surface area contributed by atoms with Gasteiger partial charge in [0, 0.05) is 17.9 Å². The predicted molar refractivity (Wildman–Crippen MR) is 142 cm³/mol. The summed E-state index contributed by atoms with van der Waals surface area (Å²) < 4.78 is 6.42. The molecule has 190 valence electrons. The number of Topliss-reactive ketones (excluding diaryl/α,β-unsaturated/α-hetero) is 1. The first-order valence-electron chi connectivity index (χ1n) is 13.8. The van der Waals surface area contributed by atoms with Crippen molar-refractivity contribution in [3.8, 4) is 11.8 Å². The van der Waals surface area contributed by atoms with Gasteiger partial charge < -0.3 is 9.53 Å². The largest absolute Gasteiger partial charge is 0.413 e. The summed E-state index contributed by atoms with van der Waals surface area (Å²) in [5, 5.41) is 11.8. The molecule has 4 saturated carbocycles. The molecule has 0 radical (unpaired) electrons. The molecule has 0 aliphatic heterocycles. The third-order valence-electron chi connectivity index (χ3n) is 9.88. The van der Waals surface area contributed by atoms with Crippen molar-refractivity contribution in [2.45, 2.75) is 123 Å². The van der Waals surface area contributed by atoms with E-state index in [0.717, 1.165) is 32.1 Å². The highest BCUT2D eigenvalue weighted by Crippen LogP contribution is 2.65. The van der Waals surface area contributed by atoms with Gasteiger partial charge in [0.05, 0.1) is 11.0 Å². The van der Waals surface area contributed by atoms with E-state index >= 15 is 0 Å². The number of rotatable bonds is 7. The first-order chi connectivity index (χ1) is 15.6. The molecule has 4 aliphatic rings. The van der Waals surface area contributed by atoms with E-state index in [0.29, 0.717) is 29.7 Å². The molecule has 0 aromatic heterocycles. The summed E-state index contributed by atoms with van der Waals surface area (Å²) in [6.45, 7) is 20.2. The monoisotopic (exact) mass is 484 g/mol. The Bertz CT molecular complexity index is 904. The van der Waals surface area contributed by atoms with Crippen molar-refractivity contribution in [3.05, 3.63) is 12.2 Å². The van der Waals surface area contributed by atoms with Crippen molar-refractivity contribution in [2.75, 3.05) is 0 Å². The quantitative estimate of drug-likeness (QED) is 0.243. The van der Waals surface area contributed by atoms with Crippen LogP contribution in [0.2, 0.25) is 19.6 Å². The predicted octanol–water partition coefficient (Wildman–Crippen LogP) is 6.91. The van der Waals surface area contributed by atoms with E-state index in [2.05, 4.69) is 65.8 Å². The molecule has 0 saturated heterocycles. The van der Waals surface area contributed by atoms with E-state index in [9.17, 15) is 9.90 Å². The lowest BCUT2D eigenvalue weighted by Crippen LogP contribution is -2.49. The zero-order chi connectivity index (χ0) is 25.2. The SMILES string of the molecule is C=C1C(=O)C[C@@H]2C[C@]12C#C[C@]1(O)CCC[C@]2(C)[C@@H]([C@H](C)CCCC(C)(C)O[Si](C)(C)C)CC[C@H]21. The number of allylic oxidation sites excluding steroid dienone is 1. The maximum atomic E-state index is 12.1. The molecule has 3 nitrogen and oxygen atoms in total. The summed E-state index contributed by atoms with van der Waals surface area (Å²) in [4.78, 5) is 12.1. The second-order valence-corrected chi connectivity index (χ2v) is 18.5.